The predicted octanol–water partition coefficient (Wildman–Crippen LogP) is 5.51. The van der Waals surface area contributed by atoms with Crippen LogP contribution in [0, 0.1) is 5.92 Å². The second-order valence-electron chi connectivity index (χ2n) is 9.11. The standard InChI is InChI=1S/C25H34N4S/c1-20-9-8-16-29(18-20)23-13-12-22(17-26-23)28-24(30)27-19-25(14-6-3-7-15-25)21-10-4-2-5-11-21/h2,4-5,10-13,17,20H,3,6-9,14-16,18-19H2,1H3,(H2,27,28,30)/t20-/m0/s1. The first-order chi connectivity index (χ1) is 14.6. The number of piperidine rings is 1. The van der Waals surface area contributed by atoms with E-state index in [0.717, 1.165) is 37.1 Å². The summed E-state index contributed by atoms with van der Waals surface area (Å²) in [5, 5.41) is 7.51. The van der Waals surface area contributed by atoms with E-state index in [9.17, 15) is 0 Å². The molecule has 2 aromatic rings. The minimum Gasteiger partial charge on any atom is -0.362 e. The molecule has 1 aliphatic carbocycles. The van der Waals surface area contributed by atoms with Crippen LogP contribution in [-0.4, -0.2) is 29.7 Å². The molecule has 0 unspecified atom stereocenters. The zero-order valence-electron chi connectivity index (χ0n) is 18.1. The fraction of sp³-hybridized carbons (Fsp3) is 0.520. The van der Waals surface area contributed by atoms with E-state index in [2.05, 4.69) is 69.9 Å². The summed E-state index contributed by atoms with van der Waals surface area (Å²) in [6.07, 6.45) is 10.8. The van der Waals surface area contributed by atoms with Crippen molar-refractivity contribution in [3.63, 3.8) is 0 Å². The zero-order chi connectivity index (χ0) is 20.8. The summed E-state index contributed by atoms with van der Waals surface area (Å²) >= 11 is 5.62. The van der Waals surface area contributed by atoms with Crippen LogP contribution in [0.15, 0.2) is 48.7 Å². The second-order valence-corrected chi connectivity index (χ2v) is 9.52. The molecule has 1 atom stereocenters. The molecule has 1 aromatic heterocycles. The first kappa shape index (κ1) is 21.1. The molecule has 1 saturated heterocycles. The van der Waals surface area contributed by atoms with E-state index in [-0.39, 0.29) is 5.41 Å². The van der Waals surface area contributed by atoms with Crippen LogP contribution in [0.3, 0.4) is 0 Å². The summed E-state index contributed by atoms with van der Waals surface area (Å²) < 4.78 is 0. The molecule has 2 heterocycles. The molecule has 1 aromatic carbocycles. The molecule has 4 rings (SSSR count). The monoisotopic (exact) mass is 422 g/mol. The van der Waals surface area contributed by atoms with Crippen LogP contribution < -0.4 is 15.5 Å². The topological polar surface area (TPSA) is 40.2 Å². The highest BCUT2D eigenvalue weighted by atomic mass is 32.1. The third kappa shape index (κ3) is 5.12. The molecule has 1 saturated carbocycles. The highest BCUT2D eigenvalue weighted by Crippen LogP contribution is 2.38. The molecule has 0 spiro atoms. The van der Waals surface area contributed by atoms with Crippen molar-refractivity contribution in [3.05, 3.63) is 54.2 Å². The first-order valence-corrected chi connectivity index (χ1v) is 11.9. The quantitative estimate of drug-likeness (QED) is 0.622. The van der Waals surface area contributed by atoms with Crippen LogP contribution in [0.25, 0.3) is 0 Å². The van der Waals surface area contributed by atoms with Gasteiger partial charge in [0.05, 0.1) is 11.9 Å². The van der Waals surface area contributed by atoms with Crippen molar-refractivity contribution >= 4 is 28.8 Å². The summed E-state index contributed by atoms with van der Waals surface area (Å²) in [6.45, 7) is 5.40. The van der Waals surface area contributed by atoms with Crippen molar-refractivity contribution in [3.8, 4) is 0 Å². The number of anilines is 2. The molecular formula is C25H34N4S. The van der Waals surface area contributed by atoms with Gasteiger partial charge >= 0.3 is 0 Å². The first-order valence-electron chi connectivity index (χ1n) is 11.5. The van der Waals surface area contributed by atoms with Gasteiger partial charge in [0.1, 0.15) is 5.82 Å². The Morgan fingerprint density at radius 1 is 1.10 bits per heavy atom. The summed E-state index contributed by atoms with van der Waals surface area (Å²) in [6, 6.07) is 15.1. The van der Waals surface area contributed by atoms with E-state index >= 15 is 0 Å². The number of hydrogen-bond acceptors (Lipinski definition) is 3. The fourth-order valence-corrected chi connectivity index (χ4v) is 5.25. The highest BCUT2D eigenvalue weighted by Gasteiger charge is 2.33. The number of benzene rings is 1. The summed E-state index contributed by atoms with van der Waals surface area (Å²) in [4.78, 5) is 7.07. The fourth-order valence-electron chi connectivity index (χ4n) is 5.06. The summed E-state index contributed by atoms with van der Waals surface area (Å²) in [5.74, 6) is 1.81. The lowest BCUT2D eigenvalue weighted by molar-refractivity contribution is 0.292. The number of hydrogen-bond donors (Lipinski definition) is 2. The average Bonchev–Trinajstić information content (AvgIpc) is 2.79. The molecule has 5 heteroatoms. The van der Waals surface area contributed by atoms with Gasteiger partial charge in [-0.05, 0) is 61.5 Å². The van der Waals surface area contributed by atoms with Gasteiger partial charge in [-0.2, -0.15) is 0 Å². The van der Waals surface area contributed by atoms with Gasteiger partial charge in [0.15, 0.2) is 5.11 Å². The van der Waals surface area contributed by atoms with Gasteiger partial charge in [-0.3, -0.25) is 0 Å². The zero-order valence-corrected chi connectivity index (χ0v) is 18.9. The maximum absolute atomic E-state index is 5.62. The number of nitrogens with zero attached hydrogens (tertiary/aromatic N) is 2. The van der Waals surface area contributed by atoms with Crippen LogP contribution in [-0.2, 0) is 5.41 Å². The third-order valence-corrected chi connectivity index (χ3v) is 7.02. The lowest BCUT2D eigenvalue weighted by atomic mass is 9.69. The van der Waals surface area contributed by atoms with Crippen LogP contribution in [0.2, 0.25) is 0 Å². The Bertz CT molecular complexity index is 815. The van der Waals surface area contributed by atoms with Crippen molar-refractivity contribution < 1.29 is 0 Å². The lowest BCUT2D eigenvalue weighted by Gasteiger charge is -2.38. The number of rotatable bonds is 5. The Kier molecular flexibility index (Phi) is 6.88. The highest BCUT2D eigenvalue weighted by molar-refractivity contribution is 7.80. The predicted molar refractivity (Wildman–Crippen MR) is 130 cm³/mol. The molecular weight excluding hydrogens is 388 g/mol. The minimum absolute atomic E-state index is 0.179. The molecule has 30 heavy (non-hydrogen) atoms. The summed E-state index contributed by atoms with van der Waals surface area (Å²) in [5.41, 5.74) is 2.55. The van der Waals surface area contributed by atoms with Gasteiger partial charge in [-0.15, -0.1) is 0 Å². The Balaban J connectivity index is 1.35. The SMILES string of the molecule is C[C@H]1CCCN(c2ccc(NC(=S)NCC3(c4ccccc4)CCCCC3)cn2)C1. The number of nitrogens with one attached hydrogen (secondary N) is 2. The molecule has 0 bridgehead atoms. The van der Waals surface area contributed by atoms with E-state index in [1.54, 1.807) is 0 Å². The minimum atomic E-state index is 0.179. The normalized spacial score (nSPS) is 21.1. The van der Waals surface area contributed by atoms with Crippen molar-refractivity contribution in [1.29, 1.82) is 0 Å². The molecule has 0 amide bonds. The maximum atomic E-state index is 5.62. The molecule has 2 fully saturated rings. The molecule has 0 radical (unpaired) electrons. The van der Waals surface area contributed by atoms with Crippen LogP contribution >= 0.6 is 12.2 Å². The number of thiocarbonyl (C=S) groups is 1. The van der Waals surface area contributed by atoms with E-state index < -0.39 is 0 Å². The number of aromatic nitrogens is 1. The van der Waals surface area contributed by atoms with E-state index in [1.165, 1.54) is 50.5 Å². The van der Waals surface area contributed by atoms with E-state index in [1.807, 2.05) is 6.20 Å². The van der Waals surface area contributed by atoms with Gasteiger partial charge in [0, 0.05) is 25.0 Å². The second kappa shape index (κ2) is 9.78. The van der Waals surface area contributed by atoms with Gasteiger partial charge < -0.3 is 15.5 Å². The van der Waals surface area contributed by atoms with Crippen LogP contribution in [0.4, 0.5) is 11.5 Å². The van der Waals surface area contributed by atoms with E-state index in [0.29, 0.717) is 5.11 Å². The molecule has 2 aliphatic rings. The van der Waals surface area contributed by atoms with Crippen LogP contribution in [0.1, 0.15) is 57.4 Å². The number of pyridine rings is 1. The van der Waals surface area contributed by atoms with E-state index in [4.69, 9.17) is 12.2 Å². The summed E-state index contributed by atoms with van der Waals surface area (Å²) in [7, 11) is 0. The Hall–Kier alpha value is -2.14. The van der Waals surface area contributed by atoms with Crippen molar-refractivity contribution in [2.75, 3.05) is 29.9 Å². The molecule has 4 nitrogen and oxygen atoms in total. The van der Waals surface area contributed by atoms with Gasteiger partial charge in [0.2, 0.25) is 0 Å². The molecule has 160 valence electrons. The third-order valence-electron chi connectivity index (χ3n) is 6.77. The average molecular weight is 423 g/mol. The molecule has 1 aliphatic heterocycles. The van der Waals surface area contributed by atoms with Crippen molar-refractivity contribution in [1.82, 2.24) is 10.3 Å². The van der Waals surface area contributed by atoms with Crippen molar-refractivity contribution in [2.45, 2.75) is 57.3 Å². The Morgan fingerprint density at radius 3 is 2.60 bits per heavy atom. The van der Waals surface area contributed by atoms with Gasteiger partial charge in [0.25, 0.3) is 0 Å². The largest absolute Gasteiger partial charge is 0.362 e. The van der Waals surface area contributed by atoms with Gasteiger partial charge in [-0.25, -0.2) is 4.98 Å². The Morgan fingerprint density at radius 2 is 1.90 bits per heavy atom. The maximum Gasteiger partial charge on any atom is 0.170 e. The van der Waals surface area contributed by atoms with Crippen molar-refractivity contribution in [2.24, 2.45) is 5.92 Å². The van der Waals surface area contributed by atoms with Crippen LogP contribution in [0.5, 0.6) is 0 Å². The smallest absolute Gasteiger partial charge is 0.170 e. The molecule has 2 N–H and O–H groups in total. The Labute approximate surface area is 186 Å². The lowest BCUT2D eigenvalue weighted by Crippen LogP contribution is -2.43. The van der Waals surface area contributed by atoms with Gasteiger partial charge in [-0.1, -0.05) is 56.5 Å².